The standard InChI is InChI=1S/C12H16N2O5S/c1-7(4-8-2-3-20-6-8)13-12(19)14-9(11(17)18)5-10(15)16/h2-3,6-7,9H,4-5H2,1H3,(H,15,16)(H,17,18)(H2,13,14,19)/t7?,9-/m1/s1. The molecule has 7 nitrogen and oxygen atoms in total. The molecule has 20 heavy (non-hydrogen) atoms. The van der Waals surface area contributed by atoms with Gasteiger partial charge in [-0.25, -0.2) is 9.59 Å². The number of nitrogens with one attached hydrogen (secondary N) is 2. The van der Waals surface area contributed by atoms with Gasteiger partial charge in [-0.2, -0.15) is 11.3 Å². The Morgan fingerprint density at radius 1 is 1.30 bits per heavy atom. The zero-order valence-electron chi connectivity index (χ0n) is 10.8. The fraction of sp³-hybridized carbons (Fsp3) is 0.417. The quantitative estimate of drug-likeness (QED) is 0.597. The molecule has 0 aliphatic rings. The summed E-state index contributed by atoms with van der Waals surface area (Å²) in [6.07, 6.45) is -0.0464. The van der Waals surface area contributed by atoms with Gasteiger partial charge in [-0.15, -0.1) is 0 Å². The number of aliphatic carboxylic acids is 2. The maximum Gasteiger partial charge on any atom is 0.326 e. The Hall–Kier alpha value is -2.09. The number of hydrogen-bond donors (Lipinski definition) is 4. The number of thiophene rings is 1. The van der Waals surface area contributed by atoms with E-state index in [4.69, 9.17) is 10.2 Å². The fourth-order valence-electron chi connectivity index (χ4n) is 1.61. The van der Waals surface area contributed by atoms with Crippen molar-refractivity contribution in [1.82, 2.24) is 10.6 Å². The molecular weight excluding hydrogens is 284 g/mol. The third-order valence-corrected chi connectivity index (χ3v) is 3.21. The molecule has 2 atom stereocenters. The lowest BCUT2D eigenvalue weighted by Gasteiger charge is -2.17. The van der Waals surface area contributed by atoms with Crippen molar-refractivity contribution < 1.29 is 24.6 Å². The van der Waals surface area contributed by atoms with Gasteiger partial charge < -0.3 is 20.8 Å². The third-order valence-electron chi connectivity index (χ3n) is 2.48. The molecule has 0 aliphatic heterocycles. The molecule has 110 valence electrons. The van der Waals surface area contributed by atoms with Crippen molar-refractivity contribution >= 4 is 29.3 Å². The summed E-state index contributed by atoms with van der Waals surface area (Å²) in [6, 6.07) is -0.392. The number of hydrogen-bond acceptors (Lipinski definition) is 4. The molecular formula is C12H16N2O5S. The van der Waals surface area contributed by atoms with E-state index < -0.39 is 30.4 Å². The predicted octanol–water partition coefficient (Wildman–Crippen LogP) is 0.906. The van der Waals surface area contributed by atoms with Gasteiger partial charge in [0.1, 0.15) is 6.04 Å². The summed E-state index contributed by atoms with van der Waals surface area (Å²) in [7, 11) is 0. The summed E-state index contributed by atoms with van der Waals surface area (Å²) < 4.78 is 0. The molecule has 1 unspecified atom stereocenters. The van der Waals surface area contributed by atoms with Gasteiger partial charge >= 0.3 is 18.0 Å². The monoisotopic (exact) mass is 300 g/mol. The molecule has 0 aliphatic carbocycles. The average Bonchev–Trinajstić information content (AvgIpc) is 2.79. The van der Waals surface area contributed by atoms with E-state index in [2.05, 4.69) is 10.6 Å². The van der Waals surface area contributed by atoms with Gasteiger partial charge in [0.05, 0.1) is 6.42 Å². The van der Waals surface area contributed by atoms with Crippen LogP contribution in [0.3, 0.4) is 0 Å². The van der Waals surface area contributed by atoms with Crippen molar-refractivity contribution in [3.8, 4) is 0 Å². The molecule has 0 spiro atoms. The van der Waals surface area contributed by atoms with E-state index in [1.54, 1.807) is 18.3 Å². The highest BCUT2D eigenvalue weighted by Gasteiger charge is 2.23. The van der Waals surface area contributed by atoms with Gasteiger partial charge in [-0.1, -0.05) is 0 Å². The molecule has 8 heteroatoms. The van der Waals surface area contributed by atoms with Crippen LogP contribution in [0.4, 0.5) is 4.79 Å². The summed E-state index contributed by atoms with van der Waals surface area (Å²) in [5, 5.41) is 26.0. The van der Waals surface area contributed by atoms with Crippen molar-refractivity contribution in [2.45, 2.75) is 31.8 Å². The molecule has 1 heterocycles. The number of carboxylic acids is 2. The number of carbonyl (C=O) groups excluding carboxylic acids is 1. The molecule has 4 N–H and O–H groups in total. The van der Waals surface area contributed by atoms with E-state index in [1.165, 1.54) is 0 Å². The maximum absolute atomic E-state index is 11.6. The first-order valence-corrected chi connectivity index (χ1v) is 6.85. The lowest BCUT2D eigenvalue weighted by Crippen LogP contribution is -2.49. The van der Waals surface area contributed by atoms with E-state index >= 15 is 0 Å². The molecule has 1 rings (SSSR count). The molecule has 0 radical (unpaired) electrons. The number of urea groups is 1. The molecule has 2 amide bonds. The summed E-state index contributed by atoms with van der Waals surface area (Å²) in [6.45, 7) is 1.78. The minimum atomic E-state index is -1.44. The average molecular weight is 300 g/mol. The van der Waals surface area contributed by atoms with Gasteiger partial charge in [-0.05, 0) is 35.7 Å². The summed E-state index contributed by atoms with van der Waals surface area (Å²) in [5.74, 6) is -2.67. The summed E-state index contributed by atoms with van der Waals surface area (Å²) in [5.41, 5.74) is 1.07. The molecule has 0 fully saturated rings. The maximum atomic E-state index is 11.6. The van der Waals surface area contributed by atoms with E-state index in [0.717, 1.165) is 5.56 Å². The van der Waals surface area contributed by atoms with Gasteiger partial charge in [0.15, 0.2) is 0 Å². The Morgan fingerprint density at radius 3 is 2.50 bits per heavy atom. The Bertz CT molecular complexity index is 474. The van der Waals surface area contributed by atoms with Crippen LogP contribution in [-0.4, -0.2) is 40.3 Å². The van der Waals surface area contributed by atoms with Crippen LogP contribution in [-0.2, 0) is 16.0 Å². The third kappa shape index (κ3) is 5.70. The number of amides is 2. The first kappa shape index (κ1) is 16.0. The second-order valence-electron chi connectivity index (χ2n) is 4.34. The second kappa shape index (κ2) is 7.49. The lowest BCUT2D eigenvalue weighted by molar-refractivity contribution is -0.145. The second-order valence-corrected chi connectivity index (χ2v) is 5.12. The van der Waals surface area contributed by atoms with Crippen LogP contribution >= 0.6 is 11.3 Å². The normalized spacial score (nSPS) is 13.2. The SMILES string of the molecule is CC(Cc1ccsc1)NC(=O)N[C@H](CC(=O)O)C(=O)O. The van der Waals surface area contributed by atoms with Crippen LogP contribution < -0.4 is 10.6 Å². The van der Waals surface area contributed by atoms with Crippen molar-refractivity contribution in [3.63, 3.8) is 0 Å². The molecule has 0 saturated heterocycles. The Balaban J connectivity index is 2.44. The van der Waals surface area contributed by atoms with Crippen LogP contribution in [0.1, 0.15) is 18.9 Å². The Labute approximate surface area is 119 Å². The minimum absolute atomic E-state index is 0.191. The van der Waals surface area contributed by atoms with E-state index in [0.29, 0.717) is 6.42 Å². The van der Waals surface area contributed by atoms with Crippen molar-refractivity contribution in [2.75, 3.05) is 0 Å². The highest BCUT2D eigenvalue weighted by molar-refractivity contribution is 7.07. The lowest BCUT2D eigenvalue weighted by atomic mass is 10.1. The molecule has 1 aromatic rings. The predicted molar refractivity (Wildman–Crippen MR) is 72.8 cm³/mol. The van der Waals surface area contributed by atoms with Crippen LogP contribution in [0.5, 0.6) is 0 Å². The number of carbonyl (C=O) groups is 3. The van der Waals surface area contributed by atoms with Crippen molar-refractivity contribution in [3.05, 3.63) is 22.4 Å². The topological polar surface area (TPSA) is 116 Å². The summed E-state index contributed by atoms with van der Waals surface area (Å²) in [4.78, 5) is 32.9. The highest BCUT2D eigenvalue weighted by atomic mass is 32.1. The molecule has 1 aromatic heterocycles. The van der Waals surface area contributed by atoms with Crippen molar-refractivity contribution in [1.29, 1.82) is 0 Å². The first-order valence-electron chi connectivity index (χ1n) is 5.91. The van der Waals surface area contributed by atoms with Gasteiger partial charge in [0.25, 0.3) is 0 Å². The van der Waals surface area contributed by atoms with Crippen LogP contribution in [0.2, 0.25) is 0 Å². The fourth-order valence-corrected chi connectivity index (χ4v) is 2.29. The zero-order valence-corrected chi connectivity index (χ0v) is 11.6. The Kier molecular flexibility index (Phi) is 5.98. The molecule has 0 saturated carbocycles. The van der Waals surface area contributed by atoms with Crippen molar-refractivity contribution in [2.24, 2.45) is 0 Å². The van der Waals surface area contributed by atoms with Crippen LogP contribution in [0, 0.1) is 0 Å². The van der Waals surface area contributed by atoms with Gasteiger partial charge in [0.2, 0.25) is 0 Å². The Morgan fingerprint density at radius 2 is 2.00 bits per heavy atom. The zero-order chi connectivity index (χ0) is 15.1. The smallest absolute Gasteiger partial charge is 0.326 e. The van der Waals surface area contributed by atoms with Crippen LogP contribution in [0.15, 0.2) is 16.8 Å². The first-order chi connectivity index (χ1) is 9.38. The molecule has 0 bridgehead atoms. The minimum Gasteiger partial charge on any atom is -0.481 e. The highest BCUT2D eigenvalue weighted by Crippen LogP contribution is 2.08. The molecule has 0 aromatic carbocycles. The largest absolute Gasteiger partial charge is 0.481 e. The number of rotatable bonds is 7. The van der Waals surface area contributed by atoms with Gasteiger partial charge in [0, 0.05) is 6.04 Å². The van der Waals surface area contributed by atoms with Gasteiger partial charge in [-0.3, -0.25) is 4.79 Å². The number of carboxylic acid groups (broad SMARTS) is 2. The van der Waals surface area contributed by atoms with E-state index in [1.807, 2.05) is 16.8 Å². The van der Waals surface area contributed by atoms with E-state index in [9.17, 15) is 14.4 Å². The summed E-state index contributed by atoms with van der Waals surface area (Å²) >= 11 is 1.55. The van der Waals surface area contributed by atoms with Crippen LogP contribution in [0.25, 0.3) is 0 Å². The van der Waals surface area contributed by atoms with E-state index in [-0.39, 0.29) is 6.04 Å².